The fraction of sp³-hybridized carbons (Fsp3) is 0.333. The molecule has 0 saturated carbocycles. The smallest absolute Gasteiger partial charge is 0.161 e. The SMILES string of the molecule is COc1cc2c(cc1OC)C(C)(C)/C=C\N(CCCC1(c3ccccc3)COCc3ccccc31)/C=C\2. The van der Waals surface area contributed by atoms with Crippen LogP contribution < -0.4 is 9.47 Å². The summed E-state index contributed by atoms with van der Waals surface area (Å²) in [6.07, 6.45) is 10.9. The summed E-state index contributed by atoms with van der Waals surface area (Å²) in [5, 5.41) is 0. The first-order valence-corrected chi connectivity index (χ1v) is 13.1. The van der Waals surface area contributed by atoms with Gasteiger partial charge in [0.05, 0.1) is 27.4 Å². The summed E-state index contributed by atoms with van der Waals surface area (Å²) in [6, 6.07) is 23.8. The predicted molar refractivity (Wildman–Crippen MR) is 150 cm³/mol. The molecule has 0 spiro atoms. The van der Waals surface area contributed by atoms with Crippen LogP contribution in [0.1, 0.15) is 54.5 Å². The maximum absolute atomic E-state index is 6.19. The van der Waals surface area contributed by atoms with E-state index in [9.17, 15) is 0 Å². The molecule has 1 unspecified atom stereocenters. The van der Waals surface area contributed by atoms with Gasteiger partial charge in [-0.15, -0.1) is 0 Å². The predicted octanol–water partition coefficient (Wildman–Crippen LogP) is 7.08. The molecule has 0 aliphatic carbocycles. The van der Waals surface area contributed by atoms with Gasteiger partial charge in [0.25, 0.3) is 0 Å². The second kappa shape index (κ2) is 10.5. The average Bonchev–Trinajstić information content (AvgIpc) is 2.93. The lowest BCUT2D eigenvalue weighted by molar-refractivity contribution is 0.0608. The Hall–Kier alpha value is -3.50. The number of benzene rings is 3. The molecule has 37 heavy (non-hydrogen) atoms. The molecule has 2 heterocycles. The highest BCUT2D eigenvalue weighted by atomic mass is 16.5. The van der Waals surface area contributed by atoms with Crippen molar-refractivity contribution in [3.8, 4) is 11.5 Å². The Bertz CT molecular complexity index is 1290. The summed E-state index contributed by atoms with van der Waals surface area (Å²) in [6.45, 7) is 6.80. The second-order valence-corrected chi connectivity index (χ2v) is 10.6. The minimum atomic E-state index is -0.153. The van der Waals surface area contributed by atoms with Gasteiger partial charge in [-0.3, -0.25) is 0 Å². The molecule has 0 saturated heterocycles. The van der Waals surface area contributed by atoms with Crippen LogP contribution in [0.3, 0.4) is 0 Å². The lowest BCUT2D eigenvalue weighted by atomic mass is 9.69. The minimum Gasteiger partial charge on any atom is -0.493 e. The first-order chi connectivity index (χ1) is 18.0. The summed E-state index contributed by atoms with van der Waals surface area (Å²) in [5.74, 6) is 1.51. The summed E-state index contributed by atoms with van der Waals surface area (Å²) in [4.78, 5) is 2.30. The van der Waals surface area contributed by atoms with Gasteiger partial charge in [-0.2, -0.15) is 0 Å². The quantitative estimate of drug-likeness (QED) is 0.350. The van der Waals surface area contributed by atoms with E-state index in [1.165, 1.54) is 22.3 Å². The average molecular weight is 496 g/mol. The molecule has 0 fully saturated rings. The van der Waals surface area contributed by atoms with E-state index >= 15 is 0 Å². The van der Waals surface area contributed by atoms with Crippen molar-refractivity contribution in [2.75, 3.05) is 27.4 Å². The number of hydrogen-bond acceptors (Lipinski definition) is 4. The molecule has 1 atom stereocenters. The highest BCUT2D eigenvalue weighted by molar-refractivity contribution is 5.63. The van der Waals surface area contributed by atoms with Gasteiger partial charge < -0.3 is 19.1 Å². The van der Waals surface area contributed by atoms with Crippen molar-refractivity contribution in [1.29, 1.82) is 0 Å². The van der Waals surface area contributed by atoms with Crippen LogP contribution in [0.25, 0.3) is 6.08 Å². The van der Waals surface area contributed by atoms with Gasteiger partial charge in [0.15, 0.2) is 11.5 Å². The maximum Gasteiger partial charge on any atom is 0.161 e. The molecule has 0 radical (unpaired) electrons. The van der Waals surface area contributed by atoms with Crippen molar-refractivity contribution in [1.82, 2.24) is 4.90 Å². The highest BCUT2D eigenvalue weighted by Gasteiger charge is 2.38. The van der Waals surface area contributed by atoms with E-state index in [1.54, 1.807) is 14.2 Å². The van der Waals surface area contributed by atoms with Crippen molar-refractivity contribution in [2.24, 2.45) is 0 Å². The zero-order valence-electron chi connectivity index (χ0n) is 22.4. The van der Waals surface area contributed by atoms with E-state index in [0.29, 0.717) is 13.2 Å². The van der Waals surface area contributed by atoms with Crippen molar-refractivity contribution >= 4 is 6.08 Å². The van der Waals surface area contributed by atoms with E-state index in [1.807, 2.05) is 0 Å². The molecule has 4 heteroatoms. The van der Waals surface area contributed by atoms with Crippen LogP contribution in [0.2, 0.25) is 0 Å². The van der Waals surface area contributed by atoms with Crippen molar-refractivity contribution in [2.45, 2.75) is 44.1 Å². The number of fused-ring (bicyclic) bond motifs is 2. The molecular weight excluding hydrogens is 458 g/mol. The van der Waals surface area contributed by atoms with Crippen LogP contribution in [0.15, 0.2) is 85.2 Å². The van der Waals surface area contributed by atoms with Crippen LogP contribution >= 0.6 is 0 Å². The number of ether oxygens (including phenoxy) is 3. The molecule has 5 rings (SSSR count). The third kappa shape index (κ3) is 4.91. The Labute approximate surface area is 221 Å². The lowest BCUT2D eigenvalue weighted by Crippen LogP contribution is -2.38. The number of methoxy groups -OCH3 is 2. The zero-order valence-corrected chi connectivity index (χ0v) is 22.4. The van der Waals surface area contributed by atoms with Crippen molar-refractivity contribution in [3.63, 3.8) is 0 Å². The fourth-order valence-corrected chi connectivity index (χ4v) is 5.77. The topological polar surface area (TPSA) is 30.9 Å². The molecular formula is C33H37NO3. The monoisotopic (exact) mass is 495 g/mol. The molecule has 2 aliphatic rings. The number of rotatable bonds is 7. The van der Waals surface area contributed by atoms with Gasteiger partial charge in [-0.25, -0.2) is 0 Å². The van der Waals surface area contributed by atoms with E-state index in [4.69, 9.17) is 14.2 Å². The molecule has 3 aromatic carbocycles. The Kier molecular flexibility index (Phi) is 7.12. The van der Waals surface area contributed by atoms with Crippen LogP contribution in [-0.2, 0) is 22.2 Å². The Morgan fingerprint density at radius 2 is 1.59 bits per heavy atom. The maximum atomic E-state index is 6.19. The Morgan fingerprint density at radius 3 is 2.38 bits per heavy atom. The zero-order chi connectivity index (χ0) is 25.9. The summed E-state index contributed by atoms with van der Waals surface area (Å²) in [5.41, 5.74) is 6.11. The largest absolute Gasteiger partial charge is 0.493 e. The molecule has 0 bridgehead atoms. The lowest BCUT2D eigenvalue weighted by Gasteiger charge is -2.40. The Morgan fingerprint density at radius 1 is 0.865 bits per heavy atom. The second-order valence-electron chi connectivity index (χ2n) is 10.6. The van der Waals surface area contributed by atoms with Crippen LogP contribution in [0.4, 0.5) is 0 Å². The van der Waals surface area contributed by atoms with Gasteiger partial charge in [-0.05, 0) is 58.9 Å². The normalized spacial score (nSPS) is 21.7. The minimum absolute atomic E-state index is 0.137. The van der Waals surface area contributed by atoms with Gasteiger partial charge in [0.2, 0.25) is 0 Å². The fourth-order valence-electron chi connectivity index (χ4n) is 5.77. The van der Waals surface area contributed by atoms with Crippen LogP contribution in [0, 0.1) is 0 Å². The van der Waals surface area contributed by atoms with Crippen molar-refractivity contribution in [3.05, 3.63) is 113 Å². The first-order valence-electron chi connectivity index (χ1n) is 13.1. The first kappa shape index (κ1) is 25.2. The van der Waals surface area contributed by atoms with Gasteiger partial charge >= 0.3 is 0 Å². The summed E-state index contributed by atoms with van der Waals surface area (Å²) in [7, 11) is 3.37. The molecule has 0 N–H and O–H groups in total. The standard InChI is InChI=1S/C33H37NO3/c1-32(2)17-20-34(19-15-25-21-30(35-3)31(36-4)22-29(25)32)18-10-16-33(27-12-6-5-7-13-27)24-37-23-26-11-8-9-14-28(26)33/h5-9,11-15,17,19-22H,10,16,18,23-24H2,1-4H3/b19-15-,20-17-. The number of hydrogen-bond donors (Lipinski definition) is 0. The van der Waals surface area contributed by atoms with Gasteiger partial charge in [0.1, 0.15) is 0 Å². The van der Waals surface area contributed by atoms with Gasteiger partial charge in [-0.1, -0.05) is 74.5 Å². The number of nitrogens with zero attached hydrogens (tertiary/aromatic N) is 1. The molecule has 0 aromatic heterocycles. The van der Waals surface area contributed by atoms with E-state index < -0.39 is 0 Å². The van der Waals surface area contributed by atoms with Crippen LogP contribution in [-0.4, -0.2) is 32.3 Å². The van der Waals surface area contributed by atoms with Gasteiger partial charge in [0, 0.05) is 29.8 Å². The Balaban J connectivity index is 1.40. The van der Waals surface area contributed by atoms with E-state index in [-0.39, 0.29) is 10.8 Å². The molecule has 4 nitrogen and oxygen atoms in total. The van der Waals surface area contributed by atoms with Crippen LogP contribution in [0.5, 0.6) is 11.5 Å². The molecule has 0 amide bonds. The highest BCUT2D eigenvalue weighted by Crippen LogP contribution is 2.42. The molecule has 3 aromatic rings. The van der Waals surface area contributed by atoms with Crippen molar-refractivity contribution < 1.29 is 14.2 Å². The molecule has 2 aliphatic heterocycles. The van der Waals surface area contributed by atoms with E-state index in [2.05, 4.69) is 110 Å². The third-order valence-electron chi connectivity index (χ3n) is 7.86. The summed E-state index contributed by atoms with van der Waals surface area (Å²) >= 11 is 0. The number of allylic oxidation sites excluding steroid dienone is 1. The summed E-state index contributed by atoms with van der Waals surface area (Å²) < 4.78 is 17.3. The third-order valence-corrected chi connectivity index (χ3v) is 7.86. The van der Waals surface area contributed by atoms with E-state index in [0.717, 1.165) is 36.4 Å². The molecule has 192 valence electrons.